The number of fused-ring (bicyclic) bond motifs is 2. The third kappa shape index (κ3) is 3.52. The van der Waals surface area contributed by atoms with Crippen LogP contribution in [0.3, 0.4) is 0 Å². The zero-order valence-electron chi connectivity index (χ0n) is 15.9. The fourth-order valence-electron chi connectivity index (χ4n) is 3.39. The second-order valence-electron chi connectivity index (χ2n) is 7.16. The summed E-state index contributed by atoms with van der Waals surface area (Å²) in [4.78, 5) is 22.9. The van der Waals surface area contributed by atoms with Gasteiger partial charge in [0.15, 0.2) is 11.5 Å². The standard InChI is InChI=1S/C23H19NO5/c1-12-3-4-14(7-13(12)2)8-15-5-6-19-18(9-15)24-21-17(23(27)28)10-16(22(25)26)11-20(21)29-19/h3-7,9-11,24H,8H2,1-2H3,(H,25,26)(H,27,28). The van der Waals surface area contributed by atoms with Crippen LogP contribution in [0, 0.1) is 13.8 Å². The predicted molar refractivity (Wildman–Crippen MR) is 109 cm³/mol. The van der Waals surface area contributed by atoms with Gasteiger partial charge in [-0.3, -0.25) is 0 Å². The number of aromatic carboxylic acids is 2. The summed E-state index contributed by atoms with van der Waals surface area (Å²) in [6.07, 6.45) is 0.729. The van der Waals surface area contributed by atoms with Crippen LogP contribution in [0.25, 0.3) is 0 Å². The molecule has 1 heterocycles. The van der Waals surface area contributed by atoms with E-state index >= 15 is 0 Å². The van der Waals surface area contributed by atoms with Crippen molar-refractivity contribution in [2.24, 2.45) is 0 Å². The molecule has 0 amide bonds. The van der Waals surface area contributed by atoms with Crippen LogP contribution in [-0.4, -0.2) is 22.2 Å². The average molecular weight is 389 g/mol. The van der Waals surface area contributed by atoms with Crippen LogP contribution in [0.2, 0.25) is 0 Å². The Morgan fingerprint density at radius 2 is 1.59 bits per heavy atom. The monoisotopic (exact) mass is 389 g/mol. The lowest BCUT2D eigenvalue weighted by molar-refractivity contribution is 0.0696. The van der Waals surface area contributed by atoms with Gasteiger partial charge in [0, 0.05) is 0 Å². The predicted octanol–water partition coefficient (Wildman–Crippen LogP) is 5.14. The van der Waals surface area contributed by atoms with Crippen molar-refractivity contribution in [2.45, 2.75) is 20.3 Å². The van der Waals surface area contributed by atoms with Gasteiger partial charge >= 0.3 is 11.9 Å². The molecule has 29 heavy (non-hydrogen) atoms. The second-order valence-corrected chi connectivity index (χ2v) is 7.16. The quantitative estimate of drug-likeness (QED) is 0.447. The molecule has 3 N–H and O–H groups in total. The smallest absolute Gasteiger partial charge is 0.337 e. The van der Waals surface area contributed by atoms with Gasteiger partial charge in [-0.15, -0.1) is 0 Å². The number of ether oxygens (including phenoxy) is 1. The Labute approximate surface area is 167 Å². The highest BCUT2D eigenvalue weighted by Crippen LogP contribution is 2.44. The van der Waals surface area contributed by atoms with Crippen LogP contribution in [0.15, 0.2) is 48.5 Å². The number of hydrogen-bond donors (Lipinski definition) is 3. The Bertz CT molecular complexity index is 1170. The molecule has 4 rings (SSSR count). The van der Waals surface area contributed by atoms with Gasteiger partial charge in [-0.2, -0.15) is 0 Å². The van der Waals surface area contributed by atoms with Crippen molar-refractivity contribution in [2.75, 3.05) is 5.32 Å². The number of anilines is 2. The van der Waals surface area contributed by atoms with Crippen molar-refractivity contribution in [3.63, 3.8) is 0 Å². The lowest BCUT2D eigenvalue weighted by Gasteiger charge is -2.24. The van der Waals surface area contributed by atoms with Crippen molar-refractivity contribution in [3.05, 3.63) is 81.9 Å². The molecule has 0 radical (unpaired) electrons. The molecule has 0 fully saturated rings. The summed E-state index contributed by atoms with van der Waals surface area (Å²) in [7, 11) is 0. The largest absolute Gasteiger partial charge is 0.478 e. The summed E-state index contributed by atoms with van der Waals surface area (Å²) < 4.78 is 5.81. The molecule has 1 aliphatic rings. The highest BCUT2D eigenvalue weighted by Gasteiger charge is 2.25. The van der Waals surface area contributed by atoms with E-state index in [9.17, 15) is 19.8 Å². The highest BCUT2D eigenvalue weighted by atomic mass is 16.5. The topological polar surface area (TPSA) is 95.9 Å². The molecule has 3 aromatic rings. The number of hydrogen-bond acceptors (Lipinski definition) is 4. The van der Waals surface area contributed by atoms with Gasteiger partial charge in [-0.25, -0.2) is 9.59 Å². The van der Waals surface area contributed by atoms with Gasteiger partial charge in [0.2, 0.25) is 0 Å². The Morgan fingerprint density at radius 1 is 0.862 bits per heavy atom. The van der Waals surface area contributed by atoms with Gasteiger partial charge in [-0.1, -0.05) is 24.3 Å². The Balaban J connectivity index is 1.69. The third-order valence-electron chi connectivity index (χ3n) is 5.08. The van der Waals surface area contributed by atoms with E-state index in [4.69, 9.17) is 4.74 Å². The van der Waals surface area contributed by atoms with Crippen molar-refractivity contribution < 1.29 is 24.5 Å². The molecule has 0 aliphatic carbocycles. The molecular formula is C23H19NO5. The summed E-state index contributed by atoms with van der Waals surface area (Å²) in [6.45, 7) is 4.16. The molecule has 6 nitrogen and oxygen atoms in total. The summed E-state index contributed by atoms with van der Waals surface area (Å²) in [5.41, 5.74) is 5.31. The van der Waals surface area contributed by atoms with Crippen LogP contribution in [0.1, 0.15) is 43.0 Å². The number of carboxylic acid groups (broad SMARTS) is 2. The first kappa shape index (κ1) is 18.6. The van der Waals surface area contributed by atoms with E-state index < -0.39 is 11.9 Å². The van der Waals surface area contributed by atoms with Gasteiger partial charge in [0.1, 0.15) is 0 Å². The van der Waals surface area contributed by atoms with E-state index in [1.807, 2.05) is 12.1 Å². The average Bonchev–Trinajstić information content (AvgIpc) is 2.68. The van der Waals surface area contributed by atoms with Crippen LogP contribution in [-0.2, 0) is 6.42 Å². The molecule has 0 atom stereocenters. The van der Waals surface area contributed by atoms with Crippen molar-refractivity contribution in [1.29, 1.82) is 0 Å². The van der Waals surface area contributed by atoms with E-state index in [0.717, 1.165) is 18.1 Å². The van der Waals surface area contributed by atoms with E-state index in [-0.39, 0.29) is 22.6 Å². The first-order valence-electron chi connectivity index (χ1n) is 9.10. The van der Waals surface area contributed by atoms with Crippen LogP contribution < -0.4 is 10.1 Å². The maximum absolute atomic E-state index is 11.6. The van der Waals surface area contributed by atoms with Gasteiger partial charge < -0.3 is 20.3 Å². The fourth-order valence-corrected chi connectivity index (χ4v) is 3.39. The molecule has 0 unspecified atom stereocenters. The Morgan fingerprint density at radius 3 is 2.28 bits per heavy atom. The molecule has 0 saturated heterocycles. The molecular weight excluding hydrogens is 370 g/mol. The zero-order chi connectivity index (χ0) is 20.7. The van der Waals surface area contributed by atoms with Crippen molar-refractivity contribution in [1.82, 2.24) is 0 Å². The minimum atomic E-state index is -1.23. The number of carbonyl (C=O) groups is 2. The van der Waals surface area contributed by atoms with Gasteiger partial charge in [-0.05, 0) is 66.8 Å². The van der Waals surface area contributed by atoms with Crippen LogP contribution in [0.5, 0.6) is 11.5 Å². The van der Waals surface area contributed by atoms with Crippen molar-refractivity contribution in [3.8, 4) is 11.5 Å². The van der Waals surface area contributed by atoms with E-state index in [0.29, 0.717) is 11.4 Å². The molecule has 3 aromatic carbocycles. The maximum atomic E-state index is 11.6. The Kier molecular flexibility index (Phi) is 4.47. The second kappa shape index (κ2) is 6.98. The highest BCUT2D eigenvalue weighted by molar-refractivity contribution is 6.02. The molecule has 0 saturated carbocycles. The first-order valence-corrected chi connectivity index (χ1v) is 9.10. The van der Waals surface area contributed by atoms with E-state index in [2.05, 4.69) is 37.4 Å². The number of carboxylic acids is 2. The summed E-state index contributed by atoms with van der Waals surface area (Å²) in [5.74, 6) is -1.75. The first-order chi connectivity index (χ1) is 13.8. The SMILES string of the molecule is Cc1ccc(Cc2ccc3c(c2)Nc2c(cc(C(=O)O)cc2C(=O)O)O3)cc1C. The molecule has 6 heteroatoms. The van der Waals surface area contributed by atoms with Crippen molar-refractivity contribution >= 4 is 23.3 Å². The number of aryl methyl sites for hydroxylation is 2. The minimum Gasteiger partial charge on any atom is -0.478 e. The third-order valence-corrected chi connectivity index (χ3v) is 5.08. The Hall–Kier alpha value is -3.80. The minimum absolute atomic E-state index is 0.141. The fraction of sp³-hybridized carbons (Fsp3) is 0.130. The van der Waals surface area contributed by atoms with Gasteiger partial charge in [0.25, 0.3) is 0 Å². The molecule has 146 valence electrons. The molecule has 0 bridgehead atoms. The lowest BCUT2D eigenvalue weighted by Crippen LogP contribution is -2.11. The number of benzene rings is 3. The summed E-state index contributed by atoms with van der Waals surface area (Å²) in [5, 5.41) is 21.8. The molecule has 0 aromatic heterocycles. The van der Waals surface area contributed by atoms with Gasteiger partial charge in [0.05, 0.1) is 22.5 Å². The van der Waals surface area contributed by atoms with E-state index in [1.54, 1.807) is 6.07 Å². The maximum Gasteiger partial charge on any atom is 0.337 e. The van der Waals surface area contributed by atoms with E-state index in [1.165, 1.54) is 22.8 Å². The van der Waals surface area contributed by atoms with Crippen LogP contribution in [0.4, 0.5) is 11.4 Å². The zero-order valence-corrected chi connectivity index (χ0v) is 15.9. The molecule has 1 aliphatic heterocycles. The van der Waals surface area contributed by atoms with Crippen LogP contribution >= 0.6 is 0 Å². The molecule has 0 spiro atoms. The summed E-state index contributed by atoms with van der Waals surface area (Å²) >= 11 is 0. The summed E-state index contributed by atoms with van der Waals surface area (Å²) in [6, 6.07) is 14.5. The normalized spacial score (nSPS) is 11.7. The number of rotatable bonds is 4. The number of nitrogens with one attached hydrogen (secondary N) is 1. The lowest BCUT2D eigenvalue weighted by atomic mass is 9.99.